The highest BCUT2D eigenvalue weighted by atomic mass is 35.5. The molecule has 2 rings (SSSR count). The molecule has 8 heteroatoms. The number of Topliss-reactive ketones (excluding diaryl/α,β-unsaturated/α-hetero) is 1. The third-order valence-electron chi connectivity index (χ3n) is 3.35. The fourth-order valence-corrected chi connectivity index (χ4v) is 2.81. The van der Waals surface area contributed by atoms with Crippen molar-refractivity contribution in [3.63, 3.8) is 0 Å². The van der Waals surface area contributed by atoms with E-state index in [0.717, 1.165) is 0 Å². The lowest BCUT2D eigenvalue weighted by Gasteiger charge is -2.12. The van der Waals surface area contributed by atoms with Crippen LogP contribution in [0, 0.1) is 11.3 Å². The Morgan fingerprint density at radius 3 is 2.44 bits per heavy atom. The Bertz CT molecular complexity index is 903. The van der Waals surface area contributed by atoms with Crippen molar-refractivity contribution in [3.8, 4) is 17.6 Å². The number of benzene rings is 2. The minimum absolute atomic E-state index is 0.0105. The molecule has 2 aromatic rings. The quantitative estimate of drug-likeness (QED) is 0.329. The smallest absolute Gasteiger partial charge is 0.387 e. The van der Waals surface area contributed by atoms with Gasteiger partial charge in [0.1, 0.15) is 11.6 Å². The molecule has 0 unspecified atom stereocenters. The predicted molar refractivity (Wildman–Crippen MR) is 98.6 cm³/mol. The molecule has 0 amide bonds. The summed E-state index contributed by atoms with van der Waals surface area (Å²) in [6.45, 7) is -1.12. The molecule has 27 heavy (non-hydrogen) atoms. The van der Waals surface area contributed by atoms with Gasteiger partial charge in [0, 0.05) is 0 Å². The SMILES string of the molecule is CCOc1cc(C=C(C#N)C(=O)c2c(Cl)cccc2Cl)ccc1OC(F)F. The first kappa shape index (κ1) is 20.7. The molecule has 2 aromatic carbocycles. The molecule has 0 atom stereocenters. The van der Waals surface area contributed by atoms with Crippen LogP contribution in [0.2, 0.25) is 10.0 Å². The Morgan fingerprint density at radius 1 is 1.22 bits per heavy atom. The Morgan fingerprint density at radius 2 is 1.89 bits per heavy atom. The summed E-state index contributed by atoms with van der Waals surface area (Å²) in [5.41, 5.74) is 0.166. The molecule has 0 saturated heterocycles. The van der Waals surface area contributed by atoms with Crippen molar-refractivity contribution >= 4 is 35.1 Å². The zero-order valence-electron chi connectivity index (χ0n) is 14.0. The van der Waals surface area contributed by atoms with Gasteiger partial charge in [-0.05, 0) is 42.8 Å². The first-order chi connectivity index (χ1) is 12.9. The van der Waals surface area contributed by atoms with Gasteiger partial charge < -0.3 is 9.47 Å². The topological polar surface area (TPSA) is 59.3 Å². The summed E-state index contributed by atoms with van der Waals surface area (Å²) in [5, 5.41) is 9.60. The molecule has 0 fully saturated rings. The van der Waals surface area contributed by atoms with Gasteiger partial charge in [0.15, 0.2) is 11.5 Å². The first-order valence-corrected chi connectivity index (χ1v) is 8.45. The zero-order chi connectivity index (χ0) is 20.0. The van der Waals surface area contributed by atoms with Crippen LogP contribution in [-0.4, -0.2) is 19.0 Å². The summed E-state index contributed by atoms with van der Waals surface area (Å²) in [6, 6.07) is 10.4. The number of rotatable bonds is 7. The maximum absolute atomic E-state index is 12.6. The summed E-state index contributed by atoms with van der Waals surface area (Å²) in [4.78, 5) is 12.6. The molecule has 0 aliphatic rings. The van der Waals surface area contributed by atoms with E-state index in [1.54, 1.807) is 19.1 Å². The lowest BCUT2D eigenvalue weighted by Crippen LogP contribution is -2.05. The Labute approximate surface area is 164 Å². The normalized spacial score (nSPS) is 11.2. The van der Waals surface area contributed by atoms with E-state index in [4.69, 9.17) is 27.9 Å². The Balaban J connectivity index is 2.44. The number of ketones is 1. The van der Waals surface area contributed by atoms with E-state index < -0.39 is 12.4 Å². The van der Waals surface area contributed by atoms with E-state index in [9.17, 15) is 18.8 Å². The number of carbonyl (C=O) groups is 1. The van der Waals surface area contributed by atoms with Crippen LogP contribution in [0.1, 0.15) is 22.8 Å². The van der Waals surface area contributed by atoms with E-state index in [1.807, 2.05) is 0 Å². The van der Waals surface area contributed by atoms with Crippen LogP contribution in [0.25, 0.3) is 6.08 Å². The largest absolute Gasteiger partial charge is 0.490 e. The predicted octanol–water partition coefficient (Wildman–Crippen LogP) is 5.78. The highest BCUT2D eigenvalue weighted by Gasteiger charge is 2.19. The van der Waals surface area contributed by atoms with Crippen molar-refractivity contribution in [1.82, 2.24) is 0 Å². The molecule has 0 spiro atoms. The van der Waals surface area contributed by atoms with Crippen LogP contribution in [0.5, 0.6) is 11.5 Å². The summed E-state index contributed by atoms with van der Waals surface area (Å²) in [5.74, 6) is -0.742. The summed E-state index contributed by atoms with van der Waals surface area (Å²) < 4.78 is 34.6. The van der Waals surface area contributed by atoms with Gasteiger partial charge in [0.05, 0.1) is 22.2 Å². The van der Waals surface area contributed by atoms with E-state index in [-0.39, 0.29) is 39.3 Å². The fraction of sp³-hybridized carbons (Fsp3) is 0.158. The summed E-state index contributed by atoms with van der Waals surface area (Å²) in [7, 11) is 0. The zero-order valence-corrected chi connectivity index (χ0v) is 15.5. The van der Waals surface area contributed by atoms with Crippen molar-refractivity contribution in [2.75, 3.05) is 6.61 Å². The molecule has 0 bridgehead atoms. The summed E-state index contributed by atoms with van der Waals surface area (Å²) >= 11 is 12.0. The standard InChI is InChI=1S/C19H13Cl2F2NO3/c1-2-26-16-9-11(6-7-15(16)27-19(22)23)8-12(10-24)18(25)17-13(20)4-3-5-14(17)21/h3-9,19H,2H2,1H3. The molecule has 0 aliphatic heterocycles. The third-order valence-corrected chi connectivity index (χ3v) is 3.98. The van der Waals surface area contributed by atoms with Crippen molar-refractivity contribution < 1.29 is 23.0 Å². The average Bonchev–Trinajstić information content (AvgIpc) is 2.61. The van der Waals surface area contributed by atoms with E-state index in [2.05, 4.69) is 4.74 Å². The molecule has 0 aromatic heterocycles. The lowest BCUT2D eigenvalue weighted by molar-refractivity contribution is -0.0514. The van der Waals surface area contributed by atoms with E-state index in [0.29, 0.717) is 5.56 Å². The molecule has 0 aliphatic carbocycles. The second-order valence-corrected chi connectivity index (χ2v) is 5.93. The number of hydrogen-bond donors (Lipinski definition) is 0. The first-order valence-electron chi connectivity index (χ1n) is 7.69. The second-order valence-electron chi connectivity index (χ2n) is 5.11. The highest BCUT2D eigenvalue weighted by Crippen LogP contribution is 2.32. The van der Waals surface area contributed by atoms with Gasteiger partial charge in [-0.15, -0.1) is 0 Å². The monoisotopic (exact) mass is 411 g/mol. The molecule has 4 nitrogen and oxygen atoms in total. The molecule has 0 heterocycles. The molecular weight excluding hydrogens is 399 g/mol. The van der Waals surface area contributed by atoms with Gasteiger partial charge in [-0.3, -0.25) is 4.79 Å². The number of halogens is 4. The van der Waals surface area contributed by atoms with Gasteiger partial charge in [-0.2, -0.15) is 14.0 Å². The Kier molecular flexibility index (Phi) is 7.17. The second kappa shape index (κ2) is 9.36. The van der Waals surface area contributed by atoms with Crippen LogP contribution in [-0.2, 0) is 0 Å². The minimum atomic E-state index is -3.01. The third kappa shape index (κ3) is 5.19. The maximum Gasteiger partial charge on any atom is 0.387 e. The molecule has 0 radical (unpaired) electrons. The van der Waals surface area contributed by atoms with Gasteiger partial charge in [0.2, 0.25) is 5.78 Å². The van der Waals surface area contributed by atoms with Crippen LogP contribution < -0.4 is 9.47 Å². The number of ether oxygens (including phenoxy) is 2. The van der Waals surface area contributed by atoms with Crippen molar-refractivity contribution in [2.24, 2.45) is 0 Å². The van der Waals surface area contributed by atoms with Crippen molar-refractivity contribution in [1.29, 1.82) is 5.26 Å². The number of nitrogens with zero attached hydrogens (tertiary/aromatic N) is 1. The molecule has 140 valence electrons. The van der Waals surface area contributed by atoms with Crippen LogP contribution in [0.15, 0.2) is 42.0 Å². The number of alkyl halides is 2. The van der Waals surface area contributed by atoms with E-state index >= 15 is 0 Å². The molecule has 0 saturated carbocycles. The van der Waals surface area contributed by atoms with Gasteiger partial charge in [-0.1, -0.05) is 35.3 Å². The summed E-state index contributed by atoms with van der Waals surface area (Å²) in [6.07, 6.45) is 1.29. The Hall–Kier alpha value is -2.62. The number of carbonyl (C=O) groups excluding carboxylic acids is 1. The van der Waals surface area contributed by atoms with E-state index in [1.165, 1.54) is 36.4 Å². The van der Waals surface area contributed by atoms with Gasteiger partial charge >= 0.3 is 6.61 Å². The van der Waals surface area contributed by atoms with Crippen LogP contribution in [0.4, 0.5) is 8.78 Å². The number of nitriles is 1. The van der Waals surface area contributed by atoms with Crippen LogP contribution >= 0.6 is 23.2 Å². The minimum Gasteiger partial charge on any atom is -0.490 e. The number of allylic oxidation sites excluding steroid dienone is 1. The lowest BCUT2D eigenvalue weighted by atomic mass is 10.0. The molecular formula is C19H13Cl2F2NO3. The maximum atomic E-state index is 12.6. The highest BCUT2D eigenvalue weighted by molar-refractivity contribution is 6.41. The average molecular weight is 412 g/mol. The van der Waals surface area contributed by atoms with Gasteiger partial charge in [0.25, 0.3) is 0 Å². The fourth-order valence-electron chi connectivity index (χ4n) is 2.24. The van der Waals surface area contributed by atoms with Crippen LogP contribution in [0.3, 0.4) is 0 Å². The van der Waals surface area contributed by atoms with Crippen molar-refractivity contribution in [2.45, 2.75) is 13.5 Å². The molecule has 0 N–H and O–H groups in total. The number of hydrogen-bond acceptors (Lipinski definition) is 4. The van der Waals surface area contributed by atoms with Crippen molar-refractivity contribution in [3.05, 3.63) is 63.1 Å². The van der Waals surface area contributed by atoms with Gasteiger partial charge in [-0.25, -0.2) is 0 Å².